The highest BCUT2D eigenvalue weighted by molar-refractivity contribution is 5.97. The average molecular weight is 452 g/mol. The van der Waals surface area contributed by atoms with Crippen LogP contribution in [0.3, 0.4) is 0 Å². The number of nitrogens with zero attached hydrogens (tertiary/aromatic N) is 3. The lowest BCUT2D eigenvalue weighted by atomic mass is 10.0. The number of anilines is 1. The number of carbonyl (C=O) groups is 2. The summed E-state index contributed by atoms with van der Waals surface area (Å²) < 4.78 is 5.28. The number of H-pyrrole nitrogens is 1. The molecule has 8 nitrogen and oxygen atoms in total. The summed E-state index contributed by atoms with van der Waals surface area (Å²) in [5.74, 6) is -0.791. The van der Waals surface area contributed by atoms with Crippen molar-refractivity contribution in [3.63, 3.8) is 0 Å². The summed E-state index contributed by atoms with van der Waals surface area (Å²) >= 11 is 0. The van der Waals surface area contributed by atoms with Crippen LogP contribution >= 0.6 is 0 Å². The first-order chi connectivity index (χ1) is 16.6. The second-order valence-corrected chi connectivity index (χ2v) is 7.41. The molecular formula is C26H20N4O4. The molecule has 3 aromatic carbocycles. The molecule has 1 N–H and O–H groups in total. The van der Waals surface area contributed by atoms with E-state index in [1.54, 1.807) is 78.9 Å². The number of esters is 1. The standard InChI is InChI=1S/C26H20N4O4/c27-14-15-30(19-9-2-1-3-10-19)24(31)17-34-26(33)20-11-5-4-8-18(20)16-23-28-22-13-7-6-12-21(22)25(32)29-23/h1-13H,15-17H2,(H,28,29,32). The SMILES string of the molecule is N#CCN(C(=O)COC(=O)c1ccccc1Cc1nc2ccccc2c(=O)[nH]1)c1ccccc1. The van der Waals surface area contributed by atoms with E-state index in [9.17, 15) is 14.4 Å². The summed E-state index contributed by atoms with van der Waals surface area (Å²) in [7, 11) is 0. The van der Waals surface area contributed by atoms with Gasteiger partial charge in [0.05, 0.1) is 22.5 Å². The summed E-state index contributed by atoms with van der Waals surface area (Å²) in [5.41, 5.74) is 1.69. The number of carbonyl (C=O) groups excluding carboxylic acids is 2. The minimum atomic E-state index is -0.683. The van der Waals surface area contributed by atoms with Gasteiger partial charge in [-0.3, -0.25) is 14.5 Å². The second kappa shape index (κ2) is 10.2. The number of hydrogen-bond donors (Lipinski definition) is 1. The molecule has 4 aromatic rings. The van der Waals surface area contributed by atoms with Crippen LogP contribution in [0.2, 0.25) is 0 Å². The third-order valence-electron chi connectivity index (χ3n) is 5.18. The molecule has 0 aliphatic carbocycles. The topological polar surface area (TPSA) is 116 Å². The fraction of sp³-hybridized carbons (Fsp3) is 0.115. The Morgan fingerprint density at radius 1 is 0.971 bits per heavy atom. The van der Waals surface area contributed by atoms with E-state index < -0.39 is 18.5 Å². The number of aromatic amines is 1. The molecule has 1 aromatic heterocycles. The van der Waals surface area contributed by atoms with Gasteiger partial charge in [0.2, 0.25) is 0 Å². The van der Waals surface area contributed by atoms with Crippen molar-refractivity contribution in [1.82, 2.24) is 9.97 Å². The van der Waals surface area contributed by atoms with Gasteiger partial charge in [0.15, 0.2) is 6.61 Å². The van der Waals surface area contributed by atoms with E-state index in [4.69, 9.17) is 10.00 Å². The van der Waals surface area contributed by atoms with Gasteiger partial charge in [-0.1, -0.05) is 48.5 Å². The highest BCUT2D eigenvalue weighted by Crippen LogP contribution is 2.16. The van der Waals surface area contributed by atoms with Gasteiger partial charge in [-0.2, -0.15) is 5.26 Å². The first kappa shape index (κ1) is 22.4. The average Bonchev–Trinajstić information content (AvgIpc) is 2.86. The fourth-order valence-corrected chi connectivity index (χ4v) is 3.56. The Balaban J connectivity index is 1.50. The normalized spacial score (nSPS) is 10.4. The number of nitriles is 1. The quantitative estimate of drug-likeness (QED) is 0.340. The molecule has 0 saturated carbocycles. The highest BCUT2D eigenvalue weighted by Gasteiger charge is 2.20. The maximum absolute atomic E-state index is 12.8. The van der Waals surface area contributed by atoms with Crippen molar-refractivity contribution in [2.24, 2.45) is 0 Å². The second-order valence-electron chi connectivity index (χ2n) is 7.41. The van der Waals surface area contributed by atoms with Crippen molar-refractivity contribution in [3.8, 4) is 6.07 Å². The van der Waals surface area contributed by atoms with Crippen molar-refractivity contribution >= 4 is 28.5 Å². The van der Waals surface area contributed by atoms with Gasteiger partial charge in [-0.15, -0.1) is 0 Å². The maximum Gasteiger partial charge on any atom is 0.338 e. The number of hydrogen-bond acceptors (Lipinski definition) is 6. The number of amides is 1. The number of nitrogens with one attached hydrogen (secondary N) is 1. The first-order valence-electron chi connectivity index (χ1n) is 10.5. The maximum atomic E-state index is 12.8. The van der Waals surface area contributed by atoms with E-state index in [0.717, 1.165) is 0 Å². The smallest absolute Gasteiger partial charge is 0.338 e. The number of fused-ring (bicyclic) bond motifs is 1. The Kier molecular flexibility index (Phi) is 6.75. The van der Waals surface area contributed by atoms with E-state index >= 15 is 0 Å². The summed E-state index contributed by atoms with van der Waals surface area (Å²) in [5, 5.41) is 9.57. The van der Waals surface area contributed by atoms with Crippen LogP contribution in [0.4, 0.5) is 5.69 Å². The van der Waals surface area contributed by atoms with Gasteiger partial charge in [0.25, 0.3) is 11.5 Å². The molecule has 4 rings (SSSR count). The van der Waals surface area contributed by atoms with E-state index in [1.165, 1.54) is 4.90 Å². The largest absolute Gasteiger partial charge is 0.452 e. The van der Waals surface area contributed by atoms with Crippen LogP contribution in [0.25, 0.3) is 10.9 Å². The van der Waals surface area contributed by atoms with Crippen molar-refractivity contribution < 1.29 is 14.3 Å². The molecule has 0 aliphatic rings. The lowest BCUT2D eigenvalue weighted by molar-refractivity contribution is -0.121. The Morgan fingerprint density at radius 3 is 2.47 bits per heavy atom. The Bertz CT molecular complexity index is 1440. The molecule has 1 amide bonds. The van der Waals surface area contributed by atoms with Crippen LogP contribution in [-0.2, 0) is 16.0 Å². The highest BCUT2D eigenvalue weighted by atomic mass is 16.5. The van der Waals surface area contributed by atoms with E-state index in [2.05, 4.69) is 9.97 Å². The van der Waals surface area contributed by atoms with E-state index in [0.29, 0.717) is 28.0 Å². The zero-order valence-corrected chi connectivity index (χ0v) is 18.1. The van der Waals surface area contributed by atoms with Crippen LogP contribution in [-0.4, -0.2) is 35.0 Å². The number of aromatic nitrogens is 2. The van der Waals surface area contributed by atoms with Crippen LogP contribution in [0.5, 0.6) is 0 Å². The molecule has 8 heteroatoms. The molecule has 0 fully saturated rings. The summed E-state index contributed by atoms with van der Waals surface area (Å²) in [6, 6.07) is 24.4. The minimum absolute atomic E-state index is 0.169. The van der Waals surface area contributed by atoms with Crippen molar-refractivity contribution in [2.75, 3.05) is 18.1 Å². The summed E-state index contributed by atoms with van der Waals surface area (Å²) in [4.78, 5) is 46.3. The molecule has 0 saturated heterocycles. The minimum Gasteiger partial charge on any atom is -0.452 e. The zero-order chi connectivity index (χ0) is 23.9. The Hall–Kier alpha value is -4.77. The number of para-hydroxylation sites is 2. The predicted molar refractivity (Wildman–Crippen MR) is 126 cm³/mol. The Labute approximate surface area is 195 Å². The van der Waals surface area contributed by atoms with Crippen LogP contribution < -0.4 is 10.5 Å². The molecule has 0 bridgehead atoms. The molecule has 0 aliphatic heterocycles. The monoisotopic (exact) mass is 452 g/mol. The van der Waals surface area contributed by atoms with Crippen molar-refractivity contribution in [2.45, 2.75) is 6.42 Å². The number of benzene rings is 3. The lowest BCUT2D eigenvalue weighted by Crippen LogP contribution is -2.35. The van der Waals surface area contributed by atoms with Crippen LogP contribution in [0.15, 0.2) is 83.7 Å². The van der Waals surface area contributed by atoms with Crippen molar-refractivity contribution in [3.05, 3.63) is 106 Å². The summed E-state index contributed by atoms with van der Waals surface area (Å²) in [6.07, 6.45) is 0.198. The van der Waals surface area contributed by atoms with Gasteiger partial charge in [-0.25, -0.2) is 9.78 Å². The molecule has 1 heterocycles. The molecule has 0 radical (unpaired) electrons. The van der Waals surface area contributed by atoms with Gasteiger partial charge < -0.3 is 9.72 Å². The summed E-state index contributed by atoms with van der Waals surface area (Å²) in [6.45, 7) is -0.688. The first-order valence-corrected chi connectivity index (χ1v) is 10.5. The molecular weight excluding hydrogens is 432 g/mol. The van der Waals surface area contributed by atoms with Gasteiger partial charge in [0, 0.05) is 12.1 Å². The predicted octanol–water partition coefficient (Wildman–Crippen LogP) is 3.23. The third kappa shape index (κ3) is 5.00. The van der Waals surface area contributed by atoms with Crippen LogP contribution in [0, 0.1) is 11.3 Å². The van der Waals surface area contributed by atoms with Crippen molar-refractivity contribution in [1.29, 1.82) is 5.26 Å². The molecule has 0 atom stereocenters. The molecule has 0 spiro atoms. The fourth-order valence-electron chi connectivity index (χ4n) is 3.56. The van der Waals surface area contributed by atoms with Gasteiger partial charge in [-0.05, 0) is 35.9 Å². The van der Waals surface area contributed by atoms with Gasteiger partial charge >= 0.3 is 5.97 Å². The molecule has 34 heavy (non-hydrogen) atoms. The molecule has 168 valence electrons. The van der Waals surface area contributed by atoms with Gasteiger partial charge in [0.1, 0.15) is 12.4 Å². The zero-order valence-electron chi connectivity index (χ0n) is 18.1. The lowest BCUT2D eigenvalue weighted by Gasteiger charge is -2.19. The van der Waals surface area contributed by atoms with Crippen LogP contribution in [0.1, 0.15) is 21.7 Å². The number of rotatable bonds is 7. The molecule has 0 unspecified atom stereocenters. The van der Waals surface area contributed by atoms with E-state index in [1.807, 2.05) is 6.07 Å². The van der Waals surface area contributed by atoms with E-state index in [-0.39, 0.29) is 24.1 Å². The third-order valence-corrected chi connectivity index (χ3v) is 5.18. The Morgan fingerprint density at radius 2 is 1.68 bits per heavy atom. The number of ether oxygens (including phenoxy) is 1.